The van der Waals surface area contributed by atoms with Crippen LogP contribution in [0.3, 0.4) is 0 Å². The van der Waals surface area contributed by atoms with Crippen LogP contribution in [0.1, 0.15) is 23.3 Å². The molecule has 8 aromatic carbocycles. The van der Waals surface area contributed by atoms with E-state index in [0.29, 0.717) is 175 Å². The van der Waals surface area contributed by atoms with Gasteiger partial charge in [0.15, 0.2) is 17.4 Å². The summed E-state index contributed by atoms with van der Waals surface area (Å²) in [6.45, 7) is 9.34. The first-order chi connectivity index (χ1) is 69.3. The summed E-state index contributed by atoms with van der Waals surface area (Å²) in [5.74, 6) is 6.78. The number of para-hydroxylation sites is 2. The van der Waals surface area contributed by atoms with Gasteiger partial charge in [-0.15, -0.1) is 0 Å². The summed E-state index contributed by atoms with van der Waals surface area (Å²) in [6, 6.07) is 64.4. The summed E-state index contributed by atoms with van der Waals surface area (Å²) in [4.78, 5) is 121. The van der Waals surface area contributed by atoms with Gasteiger partial charge in [-0.3, -0.25) is 19.2 Å². The molecule has 4 aliphatic rings. The standard InChI is InChI=1S/C27H28N6O3.C26H24F2N6O2.2C26H25FN6O2/c1-35-22-10-8-20(9-11-22)24-19-33(21-6-4-3-5-7-21)25(30-24)16-26(34)31-12-14-32(15-13-31)27-28-17-23(36-2)18-29-27;1-36-22-8-2-18(3-9-22)23-17-34(21-6-4-19(27)5-7-21)24(31-23)14-25(35)32-10-12-33(13-11-32)26-29-15-20(28)16-30-26;1-35-22-5-2-4-19(16-22)23-18-33(21-8-6-20(27)7-9-21)24(30-23)17-25(34)31-12-14-32(15-13-31)26-28-10-3-11-29-26;1-35-22-9-7-19(8-10-22)23-18-33(21-5-3-2-4-6-21)24(30-23)15-25(34)31-11-13-32(14-12-31)26-28-16-20(27)17-29-26/h3-11,17-19H,12-16H2,1-2H3;2-9,15-17H,10-14H2,1H3;2-11,16,18H,12-15,17H2,1H3;2-10,16-18H,11-15H2,1H3. The number of hydrogen-bond donors (Lipinski definition) is 0. The van der Waals surface area contributed by atoms with E-state index in [1.54, 1.807) is 95.6 Å². The lowest BCUT2D eigenvalue weighted by Crippen LogP contribution is -2.49. The van der Waals surface area contributed by atoms with Crippen molar-refractivity contribution in [3.63, 3.8) is 0 Å². The zero-order valence-electron chi connectivity index (χ0n) is 78.7. The Morgan fingerprint density at radius 1 is 0.254 bits per heavy atom. The van der Waals surface area contributed by atoms with Crippen LogP contribution in [0.15, 0.2) is 287 Å². The average molecular weight is 1920 g/mol. The largest absolute Gasteiger partial charge is 0.497 e. The van der Waals surface area contributed by atoms with Crippen LogP contribution in [0.25, 0.3) is 67.8 Å². The molecule has 4 amide bonds. The molecule has 4 saturated heterocycles. The lowest BCUT2D eigenvalue weighted by atomic mass is 10.1. The molecule has 0 radical (unpaired) electrons. The summed E-state index contributed by atoms with van der Waals surface area (Å²) in [6.07, 6.45) is 19.6. The number of halogens is 4. The second-order valence-electron chi connectivity index (χ2n) is 33.2. The fourth-order valence-corrected chi connectivity index (χ4v) is 16.7. The summed E-state index contributed by atoms with van der Waals surface area (Å²) in [5.41, 5.74) is 10.0. The Labute approximate surface area is 816 Å². The number of ether oxygens (including phenoxy) is 5. The van der Waals surface area contributed by atoms with E-state index in [-0.39, 0.29) is 60.9 Å². The van der Waals surface area contributed by atoms with Crippen molar-refractivity contribution in [3.8, 4) is 96.5 Å². The van der Waals surface area contributed by atoms with Crippen LogP contribution in [-0.4, -0.2) is 262 Å². The first-order valence-corrected chi connectivity index (χ1v) is 46.1. The number of benzene rings is 8. The normalized spacial score (nSPS) is 13.6. The van der Waals surface area contributed by atoms with E-state index in [9.17, 15) is 36.7 Å². The number of anilines is 4. The molecule has 0 bridgehead atoms. The highest BCUT2D eigenvalue weighted by atomic mass is 19.1. The molecule has 0 spiro atoms. The SMILES string of the molecule is COc1ccc(-c2cn(-c3ccc(F)cc3)c(CC(=O)N3CCN(c4ncc(F)cn4)CC3)n2)cc1.COc1ccc(-c2cn(-c3ccccc3)c(CC(=O)N3CCN(c4ncc(F)cn4)CC3)n2)cc1.COc1ccc(-c2cn(-c3ccccc3)c(CC(=O)N3CCN(c4ncc(OC)cn4)CC3)n2)cc1.COc1cccc(-c2cn(-c3ccc(F)cc3)c(CC(=O)N3CCN(c4ncccn4)CC3)n2)c1. The Bertz CT molecular complexity index is 6870. The second kappa shape index (κ2) is 45.8. The van der Waals surface area contributed by atoms with Gasteiger partial charge in [0.05, 0.1) is 121 Å². The van der Waals surface area contributed by atoms with Crippen LogP contribution >= 0.6 is 0 Å². The van der Waals surface area contributed by atoms with Crippen molar-refractivity contribution in [2.75, 3.05) is 160 Å². The van der Waals surface area contributed by atoms with Gasteiger partial charge in [0, 0.05) is 187 Å². The van der Waals surface area contributed by atoms with Gasteiger partial charge in [0.2, 0.25) is 47.4 Å². The van der Waals surface area contributed by atoms with E-state index in [2.05, 4.69) is 49.7 Å². The van der Waals surface area contributed by atoms with Crippen LogP contribution in [0.4, 0.5) is 41.4 Å². The Hall–Kier alpha value is -17.3. The molecule has 0 atom stereocenters. The second-order valence-corrected chi connectivity index (χ2v) is 33.2. The minimum Gasteiger partial charge on any atom is -0.497 e. The highest BCUT2D eigenvalue weighted by Crippen LogP contribution is 2.33. The topological polar surface area (TPSA) is 315 Å². The predicted molar refractivity (Wildman–Crippen MR) is 527 cm³/mol. The number of amides is 4. The summed E-state index contributed by atoms with van der Waals surface area (Å²) in [7, 11) is 8.09. The Morgan fingerprint density at radius 3 is 0.810 bits per heavy atom. The molecule has 724 valence electrons. The zero-order valence-corrected chi connectivity index (χ0v) is 78.7. The molecule has 4 fully saturated rings. The third-order valence-corrected chi connectivity index (χ3v) is 24.4. The summed E-state index contributed by atoms with van der Waals surface area (Å²) in [5, 5.41) is 0. The molecule has 33 nitrogen and oxygen atoms in total. The van der Waals surface area contributed by atoms with Crippen molar-refractivity contribution in [2.45, 2.75) is 25.7 Å². The first kappa shape index (κ1) is 96.4. The third kappa shape index (κ3) is 24.1. The molecule has 8 aromatic heterocycles. The number of piperazine rings is 4. The first-order valence-electron chi connectivity index (χ1n) is 46.1. The molecule has 0 aliphatic carbocycles. The fourth-order valence-electron chi connectivity index (χ4n) is 16.7. The smallest absolute Gasteiger partial charge is 0.230 e. The number of carbonyl (C=O) groups excluding carboxylic acids is 4. The Morgan fingerprint density at radius 2 is 0.521 bits per heavy atom. The molecule has 37 heteroatoms. The van der Waals surface area contributed by atoms with Gasteiger partial charge in [-0.05, 0) is 164 Å². The third-order valence-electron chi connectivity index (χ3n) is 24.4. The maximum absolute atomic E-state index is 13.6. The van der Waals surface area contributed by atoms with E-state index in [4.69, 9.17) is 43.6 Å². The molecule has 12 heterocycles. The van der Waals surface area contributed by atoms with Crippen molar-refractivity contribution in [3.05, 3.63) is 333 Å². The van der Waals surface area contributed by atoms with Crippen molar-refractivity contribution >= 4 is 47.4 Å². The molecular weight excluding hydrogens is 1820 g/mol. The molecular formula is C105H102F4N24O9. The van der Waals surface area contributed by atoms with Crippen LogP contribution in [0.5, 0.6) is 28.7 Å². The molecule has 0 N–H and O–H groups in total. The minimum absolute atomic E-state index is 0.00809. The number of methoxy groups -OCH3 is 5. The summed E-state index contributed by atoms with van der Waals surface area (Å²) >= 11 is 0. The van der Waals surface area contributed by atoms with Crippen molar-refractivity contribution in [1.29, 1.82) is 0 Å². The van der Waals surface area contributed by atoms with E-state index >= 15 is 0 Å². The average Bonchev–Trinajstić information content (AvgIpc) is 1.66. The molecule has 0 unspecified atom stereocenters. The van der Waals surface area contributed by atoms with Gasteiger partial charge >= 0.3 is 0 Å². The Balaban J connectivity index is 0.000000130. The van der Waals surface area contributed by atoms with E-state index in [0.717, 1.165) is 98.5 Å². The van der Waals surface area contributed by atoms with Gasteiger partial charge in [-0.2, -0.15) is 0 Å². The number of imidazole rings is 4. The fraction of sp³-hybridized carbons (Fsp3) is 0.238. The lowest BCUT2D eigenvalue weighted by Gasteiger charge is -2.34. The number of aromatic nitrogens is 16. The minimum atomic E-state index is -0.488. The monoisotopic (exact) mass is 1920 g/mol. The van der Waals surface area contributed by atoms with E-state index in [1.807, 2.05) is 225 Å². The summed E-state index contributed by atoms with van der Waals surface area (Å²) < 4.78 is 87.2. The molecule has 4 aliphatic heterocycles. The molecule has 16 aromatic rings. The van der Waals surface area contributed by atoms with Crippen LogP contribution in [-0.2, 0) is 44.9 Å². The number of rotatable bonds is 25. The van der Waals surface area contributed by atoms with E-state index in [1.165, 1.54) is 24.3 Å². The van der Waals surface area contributed by atoms with Crippen molar-refractivity contribution in [1.82, 2.24) is 97.7 Å². The van der Waals surface area contributed by atoms with Crippen molar-refractivity contribution in [2.24, 2.45) is 0 Å². The highest BCUT2D eigenvalue weighted by Gasteiger charge is 2.31. The maximum Gasteiger partial charge on any atom is 0.230 e. The maximum atomic E-state index is 13.6. The zero-order chi connectivity index (χ0) is 98.4. The van der Waals surface area contributed by atoms with Crippen LogP contribution < -0.4 is 43.3 Å². The van der Waals surface area contributed by atoms with Gasteiger partial charge in [0.25, 0.3) is 0 Å². The number of carbonyl (C=O) groups is 4. The molecule has 142 heavy (non-hydrogen) atoms. The van der Waals surface area contributed by atoms with Gasteiger partial charge in [0.1, 0.15) is 57.9 Å². The van der Waals surface area contributed by atoms with Gasteiger partial charge in [-0.1, -0.05) is 48.5 Å². The van der Waals surface area contributed by atoms with Gasteiger partial charge in [-0.25, -0.2) is 77.4 Å². The van der Waals surface area contributed by atoms with E-state index < -0.39 is 11.6 Å². The molecule has 0 saturated carbocycles. The molecule has 20 rings (SSSR count). The quantitative estimate of drug-likeness (QED) is 0.0480. The van der Waals surface area contributed by atoms with Gasteiger partial charge < -0.3 is 81.2 Å². The number of hydrogen-bond acceptors (Lipinski definition) is 25. The van der Waals surface area contributed by atoms with Crippen LogP contribution in [0, 0.1) is 23.3 Å². The van der Waals surface area contributed by atoms with Crippen molar-refractivity contribution < 1.29 is 60.4 Å². The van der Waals surface area contributed by atoms with Crippen LogP contribution in [0.2, 0.25) is 0 Å². The Kier molecular flexibility index (Phi) is 31.1. The highest BCUT2D eigenvalue weighted by molar-refractivity contribution is 5.82. The number of nitrogens with zero attached hydrogens (tertiary/aromatic N) is 24. The predicted octanol–water partition coefficient (Wildman–Crippen LogP) is 13.5. The lowest BCUT2D eigenvalue weighted by molar-refractivity contribution is -0.131.